The van der Waals surface area contributed by atoms with Crippen molar-refractivity contribution in [3.05, 3.63) is 70.9 Å². The van der Waals surface area contributed by atoms with Crippen molar-refractivity contribution in [1.29, 1.82) is 0 Å². The average Bonchev–Trinajstić information content (AvgIpc) is 3.18. The number of unbranched alkanes of at least 4 members (excludes halogenated alkanes) is 7. The summed E-state index contributed by atoms with van der Waals surface area (Å²) in [5.74, 6) is -0.0381. The van der Waals surface area contributed by atoms with Gasteiger partial charge in [0.15, 0.2) is 5.70 Å². The molecule has 0 saturated carbocycles. The van der Waals surface area contributed by atoms with Crippen LogP contribution in [0.25, 0.3) is 6.08 Å². The Bertz CT molecular complexity index is 1010. The number of halogens is 3. The smallest absolute Gasteiger partial charge is 0.416 e. The normalized spacial score (nSPS) is 14.9. The van der Waals surface area contributed by atoms with E-state index < -0.39 is 17.7 Å². The lowest BCUT2D eigenvalue weighted by molar-refractivity contribution is -0.137. The first kappa shape index (κ1) is 25.5. The molecule has 0 aliphatic carbocycles. The molecule has 1 aliphatic heterocycles. The van der Waals surface area contributed by atoms with Crippen molar-refractivity contribution >= 4 is 17.9 Å². The van der Waals surface area contributed by atoms with Crippen LogP contribution in [-0.2, 0) is 15.7 Å². The summed E-state index contributed by atoms with van der Waals surface area (Å²) >= 11 is 0. The lowest BCUT2D eigenvalue weighted by atomic mass is 10.1. The second-order valence-electron chi connectivity index (χ2n) is 8.27. The van der Waals surface area contributed by atoms with Crippen LogP contribution >= 0.6 is 0 Å². The second-order valence-corrected chi connectivity index (χ2v) is 8.27. The van der Waals surface area contributed by atoms with Gasteiger partial charge in [0.2, 0.25) is 5.90 Å². The quantitative estimate of drug-likeness (QED) is 0.181. The van der Waals surface area contributed by atoms with Crippen molar-refractivity contribution in [2.24, 2.45) is 4.99 Å². The zero-order valence-electron chi connectivity index (χ0n) is 19.4. The zero-order chi connectivity index (χ0) is 24.4. The Hall–Kier alpha value is -3.09. The average molecular weight is 474 g/mol. The SMILES string of the molecule is CCCCCCCCCCOc1ccc(C2=N/C(=C\c3ccccc3C(F)(F)F)C(=O)O2)cc1. The number of rotatable bonds is 12. The van der Waals surface area contributed by atoms with Gasteiger partial charge in [0.05, 0.1) is 12.2 Å². The van der Waals surface area contributed by atoms with Gasteiger partial charge in [0, 0.05) is 5.56 Å². The predicted molar refractivity (Wildman–Crippen MR) is 127 cm³/mol. The van der Waals surface area contributed by atoms with Crippen LogP contribution in [0.2, 0.25) is 0 Å². The highest BCUT2D eigenvalue weighted by Crippen LogP contribution is 2.33. The molecular formula is C27H30F3NO3. The van der Waals surface area contributed by atoms with E-state index in [2.05, 4.69) is 11.9 Å². The molecule has 182 valence electrons. The van der Waals surface area contributed by atoms with Crippen molar-refractivity contribution in [3.8, 4) is 5.75 Å². The third-order valence-corrected chi connectivity index (χ3v) is 5.55. The van der Waals surface area contributed by atoms with Crippen LogP contribution in [0.15, 0.2) is 59.2 Å². The summed E-state index contributed by atoms with van der Waals surface area (Å²) in [5, 5.41) is 0. The number of hydrogen-bond acceptors (Lipinski definition) is 4. The van der Waals surface area contributed by atoms with E-state index in [4.69, 9.17) is 9.47 Å². The van der Waals surface area contributed by atoms with Crippen LogP contribution in [0.3, 0.4) is 0 Å². The van der Waals surface area contributed by atoms with Crippen LogP contribution in [0.1, 0.15) is 75.0 Å². The van der Waals surface area contributed by atoms with Crippen molar-refractivity contribution in [3.63, 3.8) is 0 Å². The molecule has 4 nitrogen and oxygen atoms in total. The Kier molecular flexibility index (Phi) is 9.31. The maximum atomic E-state index is 13.2. The molecule has 3 rings (SSSR count). The molecule has 2 aromatic rings. The van der Waals surface area contributed by atoms with Crippen LogP contribution in [-0.4, -0.2) is 18.5 Å². The molecule has 0 fully saturated rings. The van der Waals surface area contributed by atoms with Gasteiger partial charge in [-0.3, -0.25) is 0 Å². The van der Waals surface area contributed by atoms with E-state index in [1.807, 2.05) is 0 Å². The zero-order valence-corrected chi connectivity index (χ0v) is 19.4. The van der Waals surface area contributed by atoms with E-state index in [0.717, 1.165) is 25.0 Å². The highest BCUT2D eigenvalue weighted by molar-refractivity contribution is 6.12. The minimum atomic E-state index is -4.53. The minimum Gasteiger partial charge on any atom is -0.494 e. The molecule has 2 aromatic carbocycles. The molecule has 0 N–H and O–H groups in total. The molecule has 0 amide bonds. The molecular weight excluding hydrogens is 443 g/mol. The molecule has 0 radical (unpaired) electrons. The number of nitrogens with zero attached hydrogens (tertiary/aromatic N) is 1. The summed E-state index contributed by atoms with van der Waals surface area (Å²) in [6, 6.07) is 12.0. The van der Waals surface area contributed by atoms with Gasteiger partial charge < -0.3 is 9.47 Å². The Morgan fingerprint density at radius 3 is 2.24 bits per heavy atom. The molecule has 34 heavy (non-hydrogen) atoms. The number of aliphatic imine (C=N–C) groups is 1. The van der Waals surface area contributed by atoms with Crippen LogP contribution in [0, 0.1) is 0 Å². The van der Waals surface area contributed by atoms with E-state index >= 15 is 0 Å². The van der Waals surface area contributed by atoms with Gasteiger partial charge in [-0.2, -0.15) is 13.2 Å². The molecule has 0 unspecified atom stereocenters. The fraction of sp³-hybridized carbons (Fsp3) is 0.407. The van der Waals surface area contributed by atoms with E-state index in [9.17, 15) is 18.0 Å². The summed E-state index contributed by atoms with van der Waals surface area (Å²) in [4.78, 5) is 16.3. The number of esters is 1. The first-order valence-electron chi connectivity index (χ1n) is 11.8. The monoisotopic (exact) mass is 473 g/mol. The number of hydrogen-bond donors (Lipinski definition) is 0. The highest BCUT2D eigenvalue weighted by Gasteiger charge is 2.33. The summed E-state index contributed by atoms with van der Waals surface area (Å²) in [5.41, 5.74) is -0.615. The van der Waals surface area contributed by atoms with Gasteiger partial charge in [-0.05, 0) is 48.4 Å². The molecule has 7 heteroatoms. The summed E-state index contributed by atoms with van der Waals surface area (Å²) in [6.07, 6.45) is 6.39. The fourth-order valence-corrected chi connectivity index (χ4v) is 3.68. The molecule has 0 saturated heterocycles. The molecule has 0 aromatic heterocycles. The van der Waals surface area contributed by atoms with Crippen molar-refractivity contribution in [1.82, 2.24) is 0 Å². The Balaban J connectivity index is 1.54. The topological polar surface area (TPSA) is 47.9 Å². The number of cyclic esters (lactones) is 1. The standard InChI is InChI=1S/C27H30F3NO3/c1-2-3-4-5-6-7-8-11-18-33-22-16-14-20(15-17-22)25-31-24(26(32)34-25)19-21-12-9-10-13-23(21)27(28,29)30/h9-10,12-17,19H,2-8,11,18H2,1H3/b24-19-. The Morgan fingerprint density at radius 1 is 0.912 bits per heavy atom. The Labute approximate surface area is 198 Å². The lowest BCUT2D eigenvalue weighted by Gasteiger charge is -2.09. The minimum absolute atomic E-state index is 0.0513. The first-order valence-corrected chi connectivity index (χ1v) is 11.8. The number of ether oxygens (including phenoxy) is 2. The molecule has 0 bridgehead atoms. The number of benzene rings is 2. The van der Waals surface area contributed by atoms with Crippen molar-refractivity contribution in [2.45, 2.75) is 64.5 Å². The third-order valence-electron chi connectivity index (χ3n) is 5.55. The van der Waals surface area contributed by atoms with Gasteiger partial charge in [-0.1, -0.05) is 70.1 Å². The van der Waals surface area contributed by atoms with Gasteiger partial charge >= 0.3 is 12.1 Å². The third kappa shape index (κ3) is 7.47. The van der Waals surface area contributed by atoms with Crippen LogP contribution in [0.4, 0.5) is 13.2 Å². The molecule has 0 atom stereocenters. The van der Waals surface area contributed by atoms with Gasteiger partial charge in [0.25, 0.3) is 0 Å². The van der Waals surface area contributed by atoms with E-state index in [1.165, 1.54) is 56.7 Å². The van der Waals surface area contributed by atoms with Crippen molar-refractivity contribution < 1.29 is 27.4 Å². The largest absolute Gasteiger partial charge is 0.494 e. The first-order chi connectivity index (χ1) is 16.4. The van der Waals surface area contributed by atoms with Crippen LogP contribution < -0.4 is 4.74 Å². The number of carbonyl (C=O) groups excluding carboxylic acids is 1. The van der Waals surface area contributed by atoms with E-state index in [1.54, 1.807) is 24.3 Å². The predicted octanol–water partition coefficient (Wildman–Crippen LogP) is 7.57. The van der Waals surface area contributed by atoms with E-state index in [-0.39, 0.29) is 17.2 Å². The summed E-state index contributed by atoms with van der Waals surface area (Å²) in [7, 11) is 0. The summed E-state index contributed by atoms with van der Waals surface area (Å²) < 4.78 is 50.6. The van der Waals surface area contributed by atoms with E-state index in [0.29, 0.717) is 17.9 Å². The van der Waals surface area contributed by atoms with Crippen LogP contribution in [0.5, 0.6) is 5.75 Å². The van der Waals surface area contributed by atoms with Gasteiger partial charge in [-0.15, -0.1) is 0 Å². The fourth-order valence-electron chi connectivity index (χ4n) is 3.68. The highest BCUT2D eigenvalue weighted by atomic mass is 19.4. The summed E-state index contributed by atoms with van der Waals surface area (Å²) in [6.45, 7) is 2.85. The maximum Gasteiger partial charge on any atom is 0.416 e. The lowest BCUT2D eigenvalue weighted by Crippen LogP contribution is -2.08. The van der Waals surface area contributed by atoms with Crippen molar-refractivity contribution in [2.75, 3.05) is 6.61 Å². The number of alkyl halides is 3. The van der Waals surface area contributed by atoms with Gasteiger partial charge in [0.1, 0.15) is 5.75 Å². The molecule has 1 heterocycles. The number of carbonyl (C=O) groups is 1. The molecule has 1 aliphatic rings. The maximum absolute atomic E-state index is 13.2. The van der Waals surface area contributed by atoms with Gasteiger partial charge in [-0.25, -0.2) is 9.79 Å². The second kappa shape index (κ2) is 12.4. The molecule has 0 spiro atoms. The Morgan fingerprint density at radius 2 is 1.56 bits per heavy atom.